The molecule has 0 aliphatic rings. The summed E-state index contributed by atoms with van der Waals surface area (Å²) in [7, 11) is 0. The van der Waals surface area contributed by atoms with Gasteiger partial charge in [0.05, 0.1) is 0 Å². The molecule has 0 saturated heterocycles. The van der Waals surface area contributed by atoms with Gasteiger partial charge >= 0.3 is 0 Å². The van der Waals surface area contributed by atoms with Crippen molar-refractivity contribution < 1.29 is 0 Å². The van der Waals surface area contributed by atoms with Crippen LogP contribution in [0.4, 0.5) is 0 Å². The summed E-state index contributed by atoms with van der Waals surface area (Å²) in [4.78, 5) is 0. The van der Waals surface area contributed by atoms with E-state index in [2.05, 4.69) is 29.5 Å². The lowest BCUT2D eigenvalue weighted by Crippen LogP contribution is -2.31. The molecule has 66 valence electrons. The largest absolute Gasteiger partial charge is 0.390 e. The highest BCUT2D eigenvalue weighted by atomic mass is 15.0. The van der Waals surface area contributed by atoms with Crippen molar-refractivity contribution in [2.75, 3.05) is 32.7 Å². The molecule has 0 aliphatic carbocycles. The molecule has 0 aromatic carbocycles. The van der Waals surface area contributed by atoms with E-state index in [0.717, 1.165) is 32.7 Å². The molecule has 0 heterocycles. The lowest BCUT2D eigenvalue weighted by molar-refractivity contribution is 0.615. The Kier molecular flexibility index (Phi) is 9.00. The van der Waals surface area contributed by atoms with Crippen molar-refractivity contribution in [1.29, 1.82) is 0 Å². The normalized spacial score (nSPS) is 9.55. The highest BCUT2D eigenvalue weighted by Gasteiger charge is 1.83. The Morgan fingerprint density at radius 1 is 1.09 bits per heavy atom. The Labute approximate surface area is 69.3 Å². The van der Waals surface area contributed by atoms with Gasteiger partial charge < -0.3 is 16.0 Å². The molecule has 3 nitrogen and oxygen atoms in total. The van der Waals surface area contributed by atoms with E-state index >= 15 is 0 Å². The molecule has 0 radical (unpaired) electrons. The SMILES string of the molecule is C=CNCCNCCNCC. The maximum Gasteiger partial charge on any atom is 0.0266 e. The number of likely N-dealkylation sites (N-methyl/N-ethyl adjacent to an activating group) is 1. The van der Waals surface area contributed by atoms with E-state index in [1.807, 2.05) is 0 Å². The topological polar surface area (TPSA) is 36.1 Å². The van der Waals surface area contributed by atoms with E-state index in [1.54, 1.807) is 6.20 Å². The Morgan fingerprint density at radius 2 is 1.73 bits per heavy atom. The van der Waals surface area contributed by atoms with Gasteiger partial charge in [-0.05, 0) is 12.7 Å². The Bertz CT molecular complexity index is 83.4. The summed E-state index contributed by atoms with van der Waals surface area (Å²) in [5.41, 5.74) is 0. The third-order valence-corrected chi connectivity index (χ3v) is 1.32. The fourth-order valence-electron chi connectivity index (χ4n) is 0.741. The van der Waals surface area contributed by atoms with Crippen LogP contribution < -0.4 is 16.0 Å². The van der Waals surface area contributed by atoms with E-state index in [1.165, 1.54) is 0 Å². The van der Waals surface area contributed by atoms with Crippen LogP contribution in [0.25, 0.3) is 0 Å². The van der Waals surface area contributed by atoms with Gasteiger partial charge in [-0.15, -0.1) is 0 Å². The molecule has 0 saturated carbocycles. The summed E-state index contributed by atoms with van der Waals surface area (Å²) in [6.07, 6.45) is 1.71. The minimum atomic E-state index is 0.954. The standard InChI is InChI=1S/C8H19N3/c1-3-9-5-7-11-8-6-10-4-2/h3,9-11H,1,4-8H2,2H3. The zero-order valence-corrected chi connectivity index (χ0v) is 7.32. The average Bonchev–Trinajstić information content (AvgIpc) is 2.03. The molecule has 0 aromatic heterocycles. The van der Waals surface area contributed by atoms with Crippen LogP contribution in [0, 0.1) is 0 Å². The number of rotatable bonds is 8. The van der Waals surface area contributed by atoms with Crippen LogP contribution in [-0.2, 0) is 0 Å². The van der Waals surface area contributed by atoms with E-state index in [0.29, 0.717) is 0 Å². The summed E-state index contributed by atoms with van der Waals surface area (Å²) >= 11 is 0. The molecule has 0 aliphatic heterocycles. The van der Waals surface area contributed by atoms with Gasteiger partial charge in [-0.3, -0.25) is 0 Å². The van der Waals surface area contributed by atoms with Crippen molar-refractivity contribution in [1.82, 2.24) is 16.0 Å². The van der Waals surface area contributed by atoms with Gasteiger partial charge in [-0.25, -0.2) is 0 Å². The summed E-state index contributed by atoms with van der Waals surface area (Å²) in [6.45, 7) is 10.7. The highest BCUT2D eigenvalue weighted by Crippen LogP contribution is 1.60. The lowest BCUT2D eigenvalue weighted by Gasteiger charge is -2.04. The van der Waals surface area contributed by atoms with Gasteiger partial charge in [0.25, 0.3) is 0 Å². The molecule has 0 bridgehead atoms. The Morgan fingerprint density at radius 3 is 2.36 bits per heavy atom. The third kappa shape index (κ3) is 9.46. The van der Waals surface area contributed by atoms with Crippen LogP contribution in [0.1, 0.15) is 6.92 Å². The maximum absolute atomic E-state index is 3.56. The molecular weight excluding hydrogens is 138 g/mol. The van der Waals surface area contributed by atoms with Gasteiger partial charge in [-0.2, -0.15) is 0 Å². The predicted molar refractivity (Wildman–Crippen MR) is 49.6 cm³/mol. The maximum atomic E-state index is 3.56. The van der Waals surface area contributed by atoms with Crippen LogP contribution in [-0.4, -0.2) is 32.7 Å². The van der Waals surface area contributed by atoms with Crippen molar-refractivity contribution >= 4 is 0 Å². The minimum Gasteiger partial charge on any atom is -0.390 e. The van der Waals surface area contributed by atoms with Gasteiger partial charge in [0, 0.05) is 26.2 Å². The summed E-state index contributed by atoms with van der Waals surface area (Å²) < 4.78 is 0. The highest BCUT2D eigenvalue weighted by molar-refractivity contribution is 4.63. The second-order valence-corrected chi connectivity index (χ2v) is 2.26. The predicted octanol–water partition coefficient (Wildman–Crippen LogP) is -0.0814. The third-order valence-electron chi connectivity index (χ3n) is 1.32. The average molecular weight is 157 g/mol. The van der Waals surface area contributed by atoms with E-state index in [4.69, 9.17) is 0 Å². The first-order valence-electron chi connectivity index (χ1n) is 4.17. The van der Waals surface area contributed by atoms with Crippen LogP contribution in [0.15, 0.2) is 12.8 Å². The van der Waals surface area contributed by atoms with Crippen molar-refractivity contribution in [3.05, 3.63) is 12.8 Å². The number of nitrogens with one attached hydrogen (secondary N) is 3. The molecule has 0 amide bonds. The first-order chi connectivity index (χ1) is 5.41. The quantitative estimate of drug-likeness (QED) is 0.431. The zero-order valence-electron chi connectivity index (χ0n) is 7.32. The Balaban J connectivity index is 2.74. The van der Waals surface area contributed by atoms with E-state index in [9.17, 15) is 0 Å². The van der Waals surface area contributed by atoms with Crippen molar-refractivity contribution in [2.45, 2.75) is 6.92 Å². The molecule has 0 atom stereocenters. The first kappa shape index (κ1) is 10.5. The van der Waals surface area contributed by atoms with Crippen LogP contribution >= 0.6 is 0 Å². The molecule has 0 spiro atoms. The van der Waals surface area contributed by atoms with Gasteiger partial charge in [0.1, 0.15) is 0 Å². The Hall–Kier alpha value is -0.540. The van der Waals surface area contributed by atoms with Crippen LogP contribution in [0.5, 0.6) is 0 Å². The van der Waals surface area contributed by atoms with Gasteiger partial charge in [0.2, 0.25) is 0 Å². The first-order valence-corrected chi connectivity index (χ1v) is 4.17. The molecule has 0 aromatic rings. The second kappa shape index (κ2) is 9.46. The fourth-order valence-corrected chi connectivity index (χ4v) is 0.741. The molecule has 3 N–H and O–H groups in total. The minimum absolute atomic E-state index is 0.954. The van der Waals surface area contributed by atoms with Crippen LogP contribution in [0.2, 0.25) is 0 Å². The van der Waals surface area contributed by atoms with Crippen molar-refractivity contribution in [2.24, 2.45) is 0 Å². The zero-order chi connectivity index (χ0) is 8.36. The van der Waals surface area contributed by atoms with Crippen molar-refractivity contribution in [3.8, 4) is 0 Å². The molecule has 0 rings (SSSR count). The van der Waals surface area contributed by atoms with Gasteiger partial charge in [-0.1, -0.05) is 13.5 Å². The molecule has 3 heteroatoms. The number of hydrogen-bond acceptors (Lipinski definition) is 3. The summed E-state index contributed by atoms with van der Waals surface area (Å²) in [6, 6.07) is 0. The molecular formula is C8H19N3. The molecule has 0 fully saturated rings. The molecule has 0 unspecified atom stereocenters. The van der Waals surface area contributed by atoms with Crippen molar-refractivity contribution in [3.63, 3.8) is 0 Å². The summed E-state index contributed by atoms with van der Waals surface area (Å²) in [5, 5.41) is 9.54. The summed E-state index contributed by atoms with van der Waals surface area (Å²) in [5.74, 6) is 0. The second-order valence-electron chi connectivity index (χ2n) is 2.26. The smallest absolute Gasteiger partial charge is 0.0266 e. The fraction of sp³-hybridized carbons (Fsp3) is 0.750. The van der Waals surface area contributed by atoms with E-state index < -0.39 is 0 Å². The monoisotopic (exact) mass is 157 g/mol. The van der Waals surface area contributed by atoms with Gasteiger partial charge in [0.15, 0.2) is 0 Å². The number of hydrogen-bond donors (Lipinski definition) is 3. The molecule has 11 heavy (non-hydrogen) atoms. The van der Waals surface area contributed by atoms with E-state index in [-0.39, 0.29) is 0 Å². The lowest BCUT2D eigenvalue weighted by atomic mass is 10.5. The van der Waals surface area contributed by atoms with Crippen LogP contribution in [0.3, 0.4) is 0 Å².